The average Bonchev–Trinajstić information content (AvgIpc) is 2.57. The zero-order valence-corrected chi connectivity index (χ0v) is 8.23. The second kappa shape index (κ2) is 5.24. The summed E-state index contributed by atoms with van der Waals surface area (Å²) in [6, 6.07) is 0. The Labute approximate surface area is 76.8 Å². The van der Waals surface area contributed by atoms with Crippen LogP contribution in [0.15, 0.2) is 11.6 Å². The van der Waals surface area contributed by atoms with E-state index in [0.717, 1.165) is 18.1 Å². The van der Waals surface area contributed by atoms with Crippen LogP contribution in [0.4, 0.5) is 0 Å². The van der Waals surface area contributed by atoms with Gasteiger partial charge in [-0.15, -0.1) is 11.3 Å². The van der Waals surface area contributed by atoms with E-state index in [9.17, 15) is 0 Å². The van der Waals surface area contributed by atoms with E-state index in [1.807, 2.05) is 18.5 Å². The zero-order chi connectivity index (χ0) is 8.81. The van der Waals surface area contributed by atoms with Crippen molar-refractivity contribution in [1.29, 1.82) is 0 Å². The van der Waals surface area contributed by atoms with Crippen LogP contribution in [0.2, 0.25) is 0 Å². The number of nitrogens with zero attached hydrogens (tertiary/aromatic N) is 1. The normalized spacial score (nSPS) is 13.2. The Bertz CT molecular complexity index is 201. The van der Waals surface area contributed by atoms with Crippen molar-refractivity contribution < 1.29 is 4.74 Å². The van der Waals surface area contributed by atoms with E-state index in [1.165, 1.54) is 0 Å². The quantitative estimate of drug-likeness (QED) is 0.752. The maximum Gasteiger partial charge on any atom is 0.106 e. The highest BCUT2D eigenvalue weighted by molar-refractivity contribution is 7.09. The van der Waals surface area contributed by atoms with Crippen LogP contribution in [0.25, 0.3) is 0 Å². The Balaban J connectivity index is 2.11. The maximum atomic E-state index is 5.09. The topological polar surface area (TPSA) is 34.1 Å². The van der Waals surface area contributed by atoms with Crippen LogP contribution >= 0.6 is 11.3 Å². The largest absolute Gasteiger partial charge is 0.380 e. The molecule has 1 aromatic heterocycles. The molecule has 0 amide bonds. The van der Waals surface area contributed by atoms with Gasteiger partial charge in [0.25, 0.3) is 0 Å². The van der Waals surface area contributed by atoms with Crippen molar-refractivity contribution in [3.8, 4) is 0 Å². The summed E-state index contributed by atoms with van der Waals surface area (Å²) >= 11 is 1.67. The molecule has 0 saturated carbocycles. The molecule has 12 heavy (non-hydrogen) atoms. The number of methoxy groups -OCH3 is 1. The summed E-state index contributed by atoms with van der Waals surface area (Å²) in [6.45, 7) is 3.75. The van der Waals surface area contributed by atoms with Crippen molar-refractivity contribution in [3.05, 3.63) is 16.6 Å². The van der Waals surface area contributed by atoms with Crippen LogP contribution in [-0.4, -0.2) is 24.7 Å². The van der Waals surface area contributed by atoms with E-state index in [0.29, 0.717) is 0 Å². The van der Waals surface area contributed by atoms with Crippen LogP contribution < -0.4 is 5.32 Å². The molecule has 0 aliphatic rings. The third-order valence-electron chi connectivity index (χ3n) is 1.59. The molecule has 0 aromatic carbocycles. The molecule has 1 heterocycles. The molecule has 0 radical (unpaired) electrons. The second-order valence-corrected chi connectivity index (χ2v) is 3.58. The highest BCUT2D eigenvalue weighted by Crippen LogP contribution is 2.02. The van der Waals surface area contributed by atoms with Crippen molar-refractivity contribution in [3.63, 3.8) is 0 Å². The summed E-state index contributed by atoms with van der Waals surface area (Å²) in [6.07, 6.45) is 2.09. The Morgan fingerprint density at radius 3 is 3.17 bits per heavy atom. The minimum Gasteiger partial charge on any atom is -0.380 e. The molecule has 1 unspecified atom stereocenters. The highest BCUT2D eigenvalue weighted by atomic mass is 32.1. The molecule has 0 bridgehead atoms. The molecule has 0 saturated heterocycles. The van der Waals surface area contributed by atoms with Crippen LogP contribution in [-0.2, 0) is 11.3 Å². The zero-order valence-electron chi connectivity index (χ0n) is 7.41. The molecule has 68 valence electrons. The molecular formula is C8H14N2OS. The SMILES string of the molecule is COC(C)CNCc1nccs1. The van der Waals surface area contributed by atoms with Gasteiger partial charge in [-0.1, -0.05) is 0 Å². The Morgan fingerprint density at radius 2 is 2.58 bits per heavy atom. The number of ether oxygens (including phenoxy) is 1. The lowest BCUT2D eigenvalue weighted by atomic mass is 10.4. The Kier molecular flexibility index (Phi) is 4.21. The lowest BCUT2D eigenvalue weighted by molar-refractivity contribution is 0.117. The molecule has 1 rings (SSSR count). The number of hydrogen-bond donors (Lipinski definition) is 1. The standard InChI is InChI=1S/C8H14N2OS/c1-7(11-2)5-9-6-8-10-3-4-12-8/h3-4,7,9H,5-6H2,1-2H3. The minimum atomic E-state index is 0.268. The summed E-state index contributed by atoms with van der Waals surface area (Å²) in [5.41, 5.74) is 0. The fraction of sp³-hybridized carbons (Fsp3) is 0.625. The van der Waals surface area contributed by atoms with E-state index in [4.69, 9.17) is 4.74 Å². The first-order chi connectivity index (χ1) is 5.83. The lowest BCUT2D eigenvalue weighted by Crippen LogP contribution is -2.25. The van der Waals surface area contributed by atoms with Gasteiger partial charge in [-0.05, 0) is 6.92 Å². The van der Waals surface area contributed by atoms with E-state index < -0.39 is 0 Å². The van der Waals surface area contributed by atoms with Gasteiger partial charge in [0.15, 0.2) is 0 Å². The van der Waals surface area contributed by atoms with Gasteiger partial charge in [0.05, 0.1) is 6.10 Å². The summed E-state index contributed by atoms with van der Waals surface area (Å²) in [5, 5.41) is 6.37. The van der Waals surface area contributed by atoms with Crippen LogP contribution in [0.3, 0.4) is 0 Å². The van der Waals surface area contributed by atoms with Crippen molar-refractivity contribution in [2.45, 2.75) is 19.6 Å². The van der Waals surface area contributed by atoms with E-state index >= 15 is 0 Å². The monoisotopic (exact) mass is 186 g/mol. The van der Waals surface area contributed by atoms with Crippen molar-refractivity contribution >= 4 is 11.3 Å². The fourth-order valence-corrected chi connectivity index (χ4v) is 1.39. The van der Waals surface area contributed by atoms with Crippen molar-refractivity contribution in [1.82, 2.24) is 10.3 Å². The Morgan fingerprint density at radius 1 is 1.75 bits per heavy atom. The third kappa shape index (κ3) is 3.30. The number of nitrogens with one attached hydrogen (secondary N) is 1. The van der Waals surface area contributed by atoms with Crippen LogP contribution in [0, 0.1) is 0 Å². The first kappa shape index (κ1) is 9.64. The van der Waals surface area contributed by atoms with Gasteiger partial charge >= 0.3 is 0 Å². The number of aromatic nitrogens is 1. The molecule has 3 nitrogen and oxygen atoms in total. The fourth-order valence-electron chi connectivity index (χ4n) is 0.806. The van der Waals surface area contributed by atoms with Gasteiger partial charge in [-0.3, -0.25) is 0 Å². The van der Waals surface area contributed by atoms with E-state index in [2.05, 4.69) is 10.3 Å². The van der Waals surface area contributed by atoms with Gasteiger partial charge in [0.1, 0.15) is 5.01 Å². The van der Waals surface area contributed by atoms with Gasteiger partial charge in [-0.25, -0.2) is 4.98 Å². The molecule has 1 aromatic rings. The molecule has 1 N–H and O–H groups in total. The van der Waals surface area contributed by atoms with Crippen LogP contribution in [0.5, 0.6) is 0 Å². The van der Waals surface area contributed by atoms with E-state index in [1.54, 1.807) is 18.4 Å². The lowest BCUT2D eigenvalue weighted by Gasteiger charge is -2.08. The van der Waals surface area contributed by atoms with Gasteiger partial charge in [0, 0.05) is 31.8 Å². The summed E-state index contributed by atoms with van der Waals surface area (Å²) in [4.78, 5) is 4.15. The summed E-state index contributed by atoms with van der Waals surface area (Å²) in [5.74, 6) is 0. The predicted molar refractivity (Wildman–Crippen MR) is 50.3 cm³/mol. The molecular weight excluding hydrogens is 172 g/mol. The average molecular weight is 186 g/mol. The van der Waals surface area contributed by atoms with Crippen LogP contribution in [0.1, 0.15) is 11.9 Å². The third-order valence-corrected chi connectivity index (χ3v) is 2.37. The number of thiazole rings is 1. The van der Waals surface area contributed by atoms with Crippen molar-refractivity contribution in [2.75, 3.05) is 13.7 Å². The number of hydrogen-bond acceptors (Lipinski definition) is 4. The van der Waals surface area contributed by atoms with Gasteiger partial charge < -0.3 is 10.1 Å². The molecule has 0 aliphatic carbocycles. The highest BCUT2D eigenvalue weighted by Gasteiger charge is 1.98. The Hall–Kier alpha value is -0.450. The summed E-state index contributed by atoms with van der Waals surface area (Å²) < 4.78 is 5.09. The first-order valence-corrected chi connectivity index (χ1v) is 4.82. The first-order valence-electron chi connectivity index (χ1n) is 3.95. The van der Waals surface area contributed by atoms with Gasteiger partial charge in [0.2, 0.25) is 0 Å². The molecule has 4 heteroatoms. The van der Waals surface area contributed by atoms with Crippen molar-refractivity contribution in [2.24, 2.45) is 0 Å². The minimum absolute atomic E-state index is 0.268. The summed E-state index contributed by atoms with van der Waals surface area (Å²) in [7, 11) is 1.72. The molecule has 0 spiro atoms. The molecule has 1 atom stereocenters. The number of rotatable bonds is 5. The second-order valence-electron chi connectivity index (χ2n) is 2.60. The maximum absolute atomic E-state index is 5.09. The van der Waals surface area contributed by atoms with E-state index in [-0.39, 0.29) is 6.10 Å². The van der Waals surface area contributed by atoms with Gasteiger partial charge in [-0.2, -0.15) is 0 Å². The predicted octanol–water partition coefficient (Wildman–Crippen LogP) is 1.27. The molecule has 0 fully saturated rings. The molecule has 0 aliphatic heterocycles. The smallest absolute Gasteiger partial charge is 0.106 e.